The smallest absolute Gasteiger partial charge is 0.323 e. The monoisotopic (exact) mass is 209 g/mol. The van der Waals surface area contributed by atoms with Crippen molar-refractivity contribution in [2.45, 2.75) is 33.7 Å². The van der Waals surface area contributed by atoms with Crippen molar-refractivity contribution in [1.29, 1.82) is 0 Å². The van der Waals surface area contributed by atoms with E-state index >= 15 is 0 Å². The fourth-order valence-electron chi connectivity index (χ4n) is 1.64. The van der Waals surface area contributed by atoms with Crippen molar-refractivity contribution in [3.63, 3.8) is 0 Å². The number of aromatic nitrogens is 1. The van der Waals surface area contributed by atoms with Gasteiger partial charge in [0, 0.05) is 11.3 Å². The van der Waals surface area contributed by atoms with E-state index in [4.69, 9.17) is 5.11 Å². The Morgan fingerprint density at radius 1 is 1.47 bits per heavy atom. The molecule has 0 fully saturated rings. The second-order valence-electron chi connectivity index (χ2n) is 3.57. The molecule has 4 heteroatoms. The van der Waals surface area contributed by atoms with Gasteiger partial charge in [-0.05, 0) is 31.9 Å². The summed E-state index contributed by atoms with van der Waals surface area (Å²) in [7, 11) is 0. The number of carboxylic acids is 1. The molecular formula is C11H15NO3. The van der Waals surface area contributed by atoms with Crippen LogP contribution in [0, 0.1) is 13.8 Å². The third kappa shape index (κ3) is 2.26. The first kappa shape index (κ1) is 11.5. The molecule has 1 aromatic rings. The minimum absolute atomic E-state index is 0.200. The van der Waals surface area contributed by atoms with Crippen LogP contribution >= 0.6 is 0 Å². The van der Waals surface area contributed by atoms with E-state index in [-0.39, 0.29) is 12.1 Å². The Morgan fingerprint density at radius 2 is 2.07 bits per heavy atom. The van der Waals surface area contributed by atoms with Crippen molar-refractivity contribution in [3.8, 4) is 0 Å². The molecule has 0 aliphatic heterocycles. The number of aliphatic carboxylic acids is 1. The molecule has 0 bridgehead atoms. The standard InChI is InChI=1S/C11H15NO3/c1-4-9-5-7(2)12(6-10(13)14)11(15)8(9)3/h5H,4,6H2,1-3H3,(H,13,14). The predicted octanol–water partition coefficient (Wildman–Crippen LogP) is 1.11. The van der Waals surface area contributed by atoms with Crippen LogP contribution in [0.5, 0.6) is 0 Å². The molecule has 0 spiro atoms. The average molecular weight is 209 g/mol. The molecule has 0 aromatic carbocycles. The van der Waals surface area contributed by atoms with E-state index in [1.54, 1.807) is 13.8 Å². The predicted molar refractivity (Wildman–Crippen MR) is 57.2 cm³/mol. The van der Waals surface area contributed by atoms with Crippen LogP contribution in [0.2, 0.25) is 0 Å². The summed E-state index contributed by atoms with van der Waals surface area (Å²) in [5, 5.41) is 8.67. The van der Waals surface area contributed by atoms with Crippen molar-refractivity contribution < 1.29 is 9.90 Å². The first-order valence-electron chi connectivity index (χ1n) is 4.89. The Hall–Kier alpha value is -1.58. The minimum atomic E-state index is -0.996. The molecule has 1 heterocycles. The lowest BCUT2D eigenvalue weighted by Gasteiger charge is -2.11. The number of rotatable bonds is 3. The fourth-order valence-corrected chi connectivity index (χ4v) is 1.64. The highest BCUT2D eigenvalue weighted by Crippen LogP contribution is 2.07. The van der Waals surface area contributed by atoms with Gasteiger partial charge in [0.2, 0.25) is 0 Å². The highest BCUT2D eigenvalue weighted by Gasteiger charge is 2.10. The molecule has 0 amide bonds. The molecule has 1 aromatic heterocycles. The number of nitrogens with zero attached hydrogens (tertiary/aromatic N) is 1. The van der Waals surface area contributed by atoms with Gasteiger partial charge in [0.25, 0.3) is 5.56 Å². The third-order valence-electron chi connectivity index (χ3n) is 2.53. The second-order valence-corrected chi connectivity index (χ2v) is 3.57. The van der Waals surface area contributed by atoms with E-state index in [0.717, 1.165) is 12.0 Å². The van der Waals surface area contributed by atoms with Crippen LogP contribution < -0.4 is 5.56 Å². The van der Waals surface area contributed by atoms with E-state index in [1.807, 2.05) is 13.0 Å². The lowest BCUT2D eigenvalue weighted by Crippen LogP contribution is -2.28. The number of hydrogen-bond acceptors (Lipinski definition) is 2. The number of hydrogen-bond donors (Lipinski definition) is 1. The number of carboxylic acid groups (broad SMARTS) is 1. The van der Waals surface area contributed by atoms with Gasteiger partial charge in [0.1, 0.15) is 6.54 Å². The van der Waals surface area contributed by atoms with Crippen molar-refractivity contribution >= 4 is 5.97 Å². The maximum atomic E-state index is 11.8. The van der Waals surface area contributed by atoms with Crippen LogP contribution in [0.1, 0.15) is 23.7 Å². The summed E-state index contributed by atoms with van der Waals surface area (Å²) in [4.78, 5) is 22.4. The molecule has 0 radical (unpaired) electrons. The van der Waals surface area contributed by atoms with E-state index in [1.165, 1.54) is 4.57 Å². The molecule has 15 heavy (non-hydrogen) atoms. The van der Waals surface area contributed by atoms with Gasteiger partial charge in [0.05, 0.1) is 0 Å². The molecule has 82 valence electrons. The highest BCUT2D eigenvalue weighted by molar-refractivity contribution is 5.66. The van der Waals surface area contributed by atoms with Crippen molar-refractivity contribution in [1.82, 2.24) is 4.57 Å². The Morgan fingerprint density at radius 3 is 2.53 bits per heavy atom. The quantitative estimate of drug-likeness (QED) is 0.811. The molecule has 0 aliphatic carbocycles. The SMILES string of the molecule is CCc1cc(C)n(CC(=O)O)c(=O)c1C. The average Bonchev–Trinajstić information content (AvgIpc) is 2.18. The van der Waals surface area contributed by atoms with E-state index in [2.05, 4.69) is 0 Å². The van der Waals surface area contributed by atoms with Crippen molar-refractivity contribution in [2.75, 3.05) is 0 Å². The molecule has 4 nitrogen and oxygen atoms in total. The van der Waals surface area contributed by atoms with Gasteiger partial charge >= 0.3 is 5.97 Å². The lowest BCUT2D eigenvalue weighted by atomic mass is 10.1. The van der Waals surface area contributed by atoms with Gasteiger partial charge in [0.15, 0.2) is 0 Å². The van der Waals surface area contributed by atoms with Crippen molar-refractivity contribution in [3.05, 3.63) is 33.2 Å². The topological polar surface area (TPSA) is 59.3 Å². The maximum Gasteiger partial charge on any atom is 0.323 e. The van der Waals surface area contributed by atoms with Crippen LogP contribution in [0.15, 0.2) is 10.9 Å². The van der Waals surface area contributed by atoms with Crippen molar-refractivity contribution in [2.24, 2.45) is 0 Å². The first-order chi connectivity index (χ1) is 6.97. The first-order valence-corrected chi connectivity index (χ1v) is 4.89. The molecule has 0 unspecified atom stereocenters. The molecule has 0 atom stereocenters. The molecule has 1 N–H and O–H groups in total. The summed E-state index contributed by atoms with van der Waals surface area (Å²) >= 11 is 0. The van der Waals surface area contributed by atoms with Gasteiger partial charge in [-0.1, -0.05) is 6.92 Å². The Labute approximate surface area is 88.2 Å². The maximum absolute atomic E-state index is 11.8. The minimum Gasteiger partial charge on any atom is -0.480 e. The normalized spacial score (nSPS) is 10.3. The van der Waals surface area contributed by atoms with Gasteiger partial charge in [-0.3, -0.25) is 9.59 Å². The summed E-state index contributed by atoms with van der Waals surface area (Å²) in [6.07, 6.45) is 0.788. The van der Waals surface area contributed by atoms with Crippen LogP contribution in [-0.4, -0.2) is 15.6 Å². The summed E-state index contributed by atoms with van der Waals surface area (Å²) in [5.41, 5.74) is 2.13. The Bertz CT molecular complexity index is 446. The van der Waals surface area contributed by atoms with Crippen LogP contribution in [0.3, 0.4) is 0 Å². The zero-order valence-corrected chi connectivity index (χ0v) is 9.20. The number of carbonyl (C=O) groups is 1. The number of pyridine rings is 1. The van der Waals surface area contributed by atoms with Crippen LogP contribution in [0.25, 0.3) is 0 Å². The van der Waals surface area contributed by atoms with Gasteiger partial charge in [-0.15, -0.1) is 0 Å². The summed E-state index contributed by atoms with van der Waals surface area (Å²) < 4.78 is 1.29. The highest BCUT2D eigenvalue weighted by atomic mass is 16.4. The molecular weight excluding hydrogens is 194 g/mol. The molecule has 0 aliphatic rings. The summed E-state index contributed by atoms with van der Waals surface area (Å²) in [6, 6.07) is 1.87. The summed E-state index contributed by atoms with van der Waals surface area (Å²) in [6.45, 7) is 5.19. The second kappa shape index (κ2) is 4.29. The number of aryl methyl sites for hydroxylation is 2. The Kier molecular flexibility index (Phi) is 3.29. The lowest BCUT2D eigenvalue weighted by molar-refractivity contribution is -0.137. The summed E-state index contributed by atoms with van der Waals surface area (Å²) in [5.74, 6) is -0.996. The molecule has 0 saturated heterocycles. The van der Waals surface area contributed by atoms with E-state index < -0.39 is 5.97 Å². The third-order valence-corrected chi connectivity index (χ3v) is 2.53. The molecule has 1 rings (SSSR count). The molecule has 0 saturated carbocycles. The Balaban J connectivity index is 3.36. The van der Waals surface area contributed by atoms with Gasteiger partial charge < -0.3 is 9.67 Å². The zero-order chi connectivity index (χ0) is 11.6. The zero-order valence-electron chi connectivity index (χ0n) is 9.20. The van der Waals surface area contributed by atoms with Crippen LogP contribution in [0.4, 0.5) is 0 Å². The fraction of sp³-hybridized carbons (Fsp3) is 0.455. The van der Waals surface area contributed by atoms with Gasteiger partial charge in [-0.25, -0.2) is 0 Å². The van der Waals surface area contributed by atoms with Gasteiger partial charge in [-0.2, -0.15) is 0 Å². The van der Waals surface area contributed by atoms with E-state index in [9.17, 15) is 9.59 Å². The van der Waals surface area contributed by atoms with E-state index in [0.29, 0.717) is 11.3 Å². The van der Waals surface area contributed by atoms with Crippen LogP contribution in [-0.2, 0) is 17.8 Å². The largest absolute Gasteiger partial charge is 0.480 e.